The van der Waals surface area contributed by atoms with E-state index in [4.69, 9.17) is 5.11 Å². The van der Waals surface area contributed by atoms with Gasteiger partial charge in [0.2, 0.25) is 0 Å². The average Bonchev–Trinajstić information content (AvgIpc) is 2.99. The topological polar surface area (TPSA) is 107 Å². The quantitative estimate of drug-likeness (QED) is 0.699. The Morgan fingerprint density at radius 1 is 1.48 bits per heavy atom. The van der Waals surface area contributed by atoms with Crippen molar-refractivity contribution in [1.82, 2.24) is 9.03 Å². The number of aliphatic hydroxyl groups is 1. The van der Waals surface area contributed by atoms with E-state index < -0.39 is 28.2 Å². The van der Waals surface area contributed by atoms with Gasteiger partial charge in [0.15, 0.2) is 0 Å². The molecule has 21 heavy (non-hydrogen) atoms. The minimum atomic E-state index is -3.68. The van der Waals surface area contributed by atoms with Gasteiger partial charge >= 0.3 is 5.97 Å². The molecule has 118 valence electrons. The fourth-order valence-electron chi connectivity index (χ4n) is 2.20. The monoisotopic (exact) mass is 334 g/mol. The van der Waals surface area contributed by atoms with Gasteiger partial charge in [-0.3, -0.25) is 4.79 Å². The molecule has 1 atom stereocenters. The Balaban J connectivity index is 1.86. The van der Waals surface area contributed by atoms with Crippen molar-refractivity contribution in [3.8, 4) is 0 Å². The first kappa shape index (κ1) is 16.4. The van der Waals surface area contributed by atoms with E-state index >= 15 is 0 Å². The first-order valence-electron chi connectivity index (χ1n) is 6.58. The molecule has 1 aliphatic heterocycles. The molecular formula is C12H18N2O5S2. The lowest BCUT2D eigenvalue weighted by Gasteiger charge is -2.29. The number of carboxylic acids is 1. The summed E-state index contributed by atoms with van der Waals surface area (Å²) in [4.78, 5) is 10.8. The van der Waals surface area contributed by atoms with E-state index in [9.17, 15) is 18.3 Å². The number of piperidine rings is 1. The first-order valence-corrected chi connectivity index (χ1v) is 8.96. The molecule has 0 saturated carbocycles. The normalized spacial score (nSPS) is 19.5. The molecule has 0 aliphatic carbocycles. The van der Waals surface area contributed by atoms with Crippen molar-refractivity contribution in [2.24, 2.45) is 5.92 Å². The summed E-state index contributed by atoms with van der Waals surface area (Å²) in [6.45, 7) is 0.264. The molecule has 1 unspecified atom stereocenters. The number of aliphatic hydroxyl groups excluding tert-OH is 1. The number of thiophene rings is 1. The second-order valence-electron chi connectivity index (χ2n) is 4.94. The van der Waals surface area contributed by atoms with E-state index in [0.29, 0.717) is 18.4 Å². The second kappa shape index (κ2) is 6.84. The third-order valence-corrected chi connectivity index (χ3v) is 5.81. The zero-order valence-corrected chi connectivity index (χ0v) is 12.9. The molecule has 2 heterocycles. The predicted molar refractivity (Wildman–Crippen MR) is 78.1 cm³/mol. The maximum Gasteiger partial charge on any atom is 0.306 e. The van der Waals surface area contributed by atoms with E-state index in [-0.39, 0.29) is 19.6 Å². The van der Waals surface area contributed by atoms with Gasteiger partial charge in [0.1, 0.15) is 0 Å². The third-order valence-electron chi connectivity index (χ3n) is 3.53. The first-order chi connectivity index (χ1) is 9.90. The van der Waals surface area contributed by atoms with Gasteiger partial charge < -0.3 is 10.2 Å². The Morgan fingerprint density at radius 3 is 2.67 bits per heavy atom. The van der Waals surface area contributed by atoms with E-state index in [0.717, 1.165) is 0 Å². The zero-order valence-electron chi connectivity index (χ0n) is 11.3. The molecule has 0 spiro atoms. The van der Waals surface area contributed by atoms with Gasteiger partial charge in [0.05, 0.1) is 12.0 Å². The molecule has 0 amide bonds. The van der Waals surface area contributed by atoms with Crippen LogP contribution in [0.5, 0.6) is 0 Å². The smallest absolute Gasteiger partial charge is 0.306 e. The van der Waals surface area contributed by atoms with Crippen LogP contribution in [0.3, 0.4) is 0 Å². The summed E-state index contributed by atoms with van der Waals surface area (Å²) in [5, 5.41) is 22.3. The highest BCUT2D eigenvalue weighted by Crippen LogP contribution is 2.20. The maximum atomic E-state index is 12.1. The van der Waals surface area contributed by atoms with Gasteiger partial charge in [-0.15, -0.1) is 0 Å². The van der Waals surface area contributed by atoms with Gasteiger partial charge in [-0.25, -0.2) is 0 Å². The van der Waals surface area contributed by atoms with Gasteiger partial charge in [-0.05, 0) is 35.2 Å². The van der Waals surface area contributed by atoms with Gasteiger partial charge in [0, 0.05) is 19.6 Å². The number of rotatable bonds is 6. The van der Waals surface area contributed by atoms with Crippen molar-refractivity contribution in [3.63, 3.8) is 0 Å². The highest BCUT2D eigenvalue weighted by Gasteiger charge is 2.31. The largest absolute Gasteiger partial charge is 0.481 e. The predicted octanol–water partition coefficient (Wildman–Crippen LogP) is 0.413. The standard InChI is InChI=1S/C12H18N2O5S2/c15-11(10-3-6-20-8-10)7-13-21(18,19)14-4-1-9(2-5-14)12(16)17/h3,6,8-9,11,13,15H,1-2,4-5,7H2,(H,16,17). The molecule has 1 aliphatic rings. The summed E-state index contributed by atoms with van der Waals surface area (Å²) in [6, 6.07) is 1.74. The SMILES string of the molecule is O=C(O)C1CCN(S(=O)(=O)NCC(O)c2ccsc2)CC1. The second-order valence-corrected chi connectivity index (χ2v) is 7.47. The van der Waals surface area contributed by atoms with Crippen molar-refractivity contribution in [1.29, 1.82) is 0 Å². The van der Waals surface area contributed by atoms with Crippen LogP contribution in [0.15, 0.2) is 16.8 Å². The summed E-state index contributed by atoms with van der Waals surface area (Å²) >= 11 is 1.43. The van der Waals surface area contributed by atoms with Crippen LogP contribution in [0.4, 0.5) is 0 Å². The van der Waals surface area contributed by atoms with Crippen LogP contribution in [-0.2, 0) is 15.0 Å². The molecule has 1 fully saturated rings. The third kappa shape index (κ3) is 4.24. The Kier molecular flexibility index (Phi) is 5.33. The van der Waals surface area contributed by atoms with E-state index in [2.05, 4.69) is 4.72 Å². The van der Waals surface area contributed by atoms with Crippen LogP contribution in [0.25, 0.3) is 0 Å². The number of carbonyl (C=O) groups is 1. The van der Waals surface area contributed by atoms with E-state index in [1.165, 1.54) is 15.6 Å². The summed E-state index contributed by atoms with van der Waals surface area (Å²) in [7, 11) is -3.68. The molecule has 0 radical (unpaired) electrons. The Hall–Kier alpha value is -1.00. The van der Waals surface area contributed by atoms with Gasteiger partial charge in [-0.1, -0.05) is 0 Å². The van der Waals surface area contributed by atoms with Gasteiger partial charge in [-0.2, -0.15) is 28.8 Å². The summed E-state index contributed by atoms with van der Waals surface area (Å²) in [5.74, 6) is -1.36. The van der Waals surface area contributed by atoms with Crippen LogP contribution in [-0.4, -0.2) is 48.5 Å². The van der Waals surface area contributed by atoms with Crippen molar-refractivity contribution in [3.05, 3.63) is 22.4 Å². The minimum absolute atomic E-state index is 0.0993. The number of nitrogens with one attached hydrogen (secondary N) is 1. The van der Waals surface area contributed by atoms with Crippen LogP contribution in [0.1, 0.15) is 24.5 Å². The molecule has 3 N–H and O–H groups in total. The Bertz CT molecular complexity index is 564. The van der Waals surface area contributed by atoms with Crippen molar-refractivity contribution in [2.45, 2.75) is 18.9 Å². The van der Waals surface area contributed by atoms with Crippen LogP contribution >= 0.6 is 11.3 Å². The number of hydrogen-bond donors (Lipinski definition) is 3. The Labute approximate surface area is 127 Å². The number of aliphatic carboxylic acids is 1. The number of hydrogen-bond acceptors (Lipinski definition) is 5. The maximum absolute atomic E-state index is 12.1. The molecule has 0 bridgehead atoms. The Morgan fingerprint density at radius 2 is 2.14 bits per heavy atom. The van der Waals surface area contributed by atoms with Gasteiger partial charge in [0.25, 0.3) is 10.2 Å². The zero-order chi connectivity index (χ0) is 15.5. The summed E-state index contributed by atoms with van der Waals surface area (Å²) < 4.78 is 27.8. The lowest BCUT2D eigenvalue weighted by molar-refractivity contribution is -0.142. The van der Waals surface area contributed by atoms with Crippen molar-refractivity contribution >= 4 is 27.5 Å². The lowest BCUT2D eigenvalue weighted by atomic mass is 9.99. The number of nitrogens with zero attached hydrogens (tertiary/aromatic N) is 1. The summed E-state index contributed by atoms with van der Waals surface area (Å²) in [6.07, 6.45) is -0.269. The average molecular weight is 334 g/mol. The van der Waals surface area contributed by atoms with E-state index in [1.54, 1.807) is 11.4 Å². The van der Waals surface area contributed by atoms with Crippen LogP contribution in [0, 0.1) is 5.92 Å². The van der Waals surface area contributed by atoms with Crippen molar-refractivity contribution in [2.75, 3.05) is 19.6 Å². The molecule has 9 heteroatoms. The molecule has 1 saturated heterocycles. The molecule has 2 rings (SSSR count). The van der Waals surface area contributed by atoms with Crippen molar-refractivity contribution < 1.29 is 23.4 Å². The van der Waals surface area contributed by atoms with E-state index in [1.807, 2.05) is 5.38 Å². The lowest BCUT2D eigenvalue weighted by Crippen LogP contribution is -2.46. The highest BCUT2D eigenvalue weighted by atomic mass is 32.2. The van der Waals surface area contributed by atoms with Crippen LogP contribution < -0.4 is 4.72 Å². The minimum Gasteiger partial charge on any atom is -0.481 e. The molecule has 1 aromatic rings. The molecular weight excluding hydrogens is 316 g/mol. The number of carboxylic acid groups (broad SMARTS) is 1. The fourth-order valence-corrected chi connectivity index (χ4v) is 4.15. The fraction of sp³-hybridized carbons (Fsp3) is 0.583. The summed E-state index contributed by atoms with van der Waals surface area (Å²) in [5.41, 5.74) is 0.673. The molecule has 1 aromatic heterocycles. The van der Waals surface area contributed by atoms with Crippen LogP contribution in [0.2, 0.25) is 0 Å². The highest BCUT2D eigenvalue weighted by molar-refractivity contribution is 7.87. The molecule has 0 aromatic carbocycles. The molecule has 7 nitrogen and oxygen atoms in total.